The Kier molecular flexibility index (Phi) is 4.92. The minimum atomic E-state index is -1.32. The summed E-state index contributed by atoms with van der Waals surface area (Å²) >= 11 is 0. The number of methoxy groups -OCH3 is 1. The van der Waals surface area contributed by atoms with Crippen LogP contribution < -0.4 is 4.74 Å². The second kappa shape index (κ2) is 6.44. The molecule has 0 radical (unpaired) electrons. The third-order valence-corrected chi connectivity index (χ3v) is 2.15. The Bertz CT molecular complexity index is 459. The molecule has 0 aliphatic carbocycles. The Hall–Kier alpha value is -2.30. The van der Waals surface area contributed by atoms with Gasteiger partial charge in [-0.3, -0.25) is 0 Å². The van der Waals surface area contributed by atoms with Crippen LogP contribution in [0.15, 0.2) is 29.8 Å². The Morgan fingerprint density at radius 2 is 1.89 bits per heavy atom. The molecule has 1 rings (SSSR count). The van der Waals surface area contributed by atoms with E-state index in [1.54, 1.807) is 31.2 Å². The summed E-state index contributed by atoms with van der Waals surface area (Å²) in [5, 5.41) is 8.94. The molecule has 5 nitrogen and oxygen atoms in total. The number of hydrogen-bond donors (Lipinski definition) is 1. The van der Waals surface area contributed by atoms with E-state index in [-0.39, 0.29) is 6.61 Å². The van der Waals surface area contributed by atoms with Crippen LogP contribution in [0.1, 0.15) is 12.5 Å². The monoisotopic (exact) mass is 250 g/mol. The standard InChI is InChI=1S/C13H14O5/c1-3-18-13(16)11(12(14)15)8-9-4-6-10(17-2)7-5-9/h4-8H,3H2,1-2H3,(H,14,15)/b11-8-. The Balaban J connectivity index is 3.00. The number of benzene rings is 1. The zero-order valence-electron chi connectivity index (χ0n) is 10.2. The van der Waals surface area contributed by atoms with E-state index in [9.17, 15) is 9.59 Å². The molecule has 0 saturated carbocycles. The van der Waals surface area contributed by atoms with Crippen LogP contribution in [0.25, 0.3) is 6.08 Å². The largest absolute Gasteiger partial charge is 0.497 e. The van der Waals surface area contributed by atoms with E-state index >= 15 is 0 Å². The quantitative estimate of drug-likeness (QED) is 0.373. The van der Waals surface area contributed by atoms with Crippen LogP contribution in [0.3, 0.4) is 0 Å². The van der Waals surface area contributed by atoms with Gasteiger partial charge in [0.2, 0.25) is 0 Å². The molecule has 5 heteroatoms. The van der Waals surface area contributed by atoms with Crippen LogP contribution in [-0.4, -0.2) is 30.8 Å². The molecule has 0 unspecified atom stereocenters. The van der Waals surface area contributed by atoms with Gasteiger partial charge in [-0.1, -0.05) is 12.1 Å². The van der Waals surface area contributed by atoms with Crippen LogP contribution >= 0.6 is 0 Å². The Labute approximate surface area is 105 Å². The topological polar surface area (TPSA) is 72.8 Å². The number of aliphatic carboxylic acids is 1. The summed E-state index contributed by atoms with van der Waals surface area (Å²) in [5.41, 5.74) is 0.184. The highest BCUT2D eigenvalue weighted by Gasteiger charge is 2.18. The number of carboxylic acids is 1. The average Bonchev–Trinajstić information content (AvgIpc) is 2.36. The van der Waals surface area contributed by atoms with Gasteiger partial charge in [0.1, 0.15) is 11.3 Å². The summed E-state index contributed by atoms with van der Waals surface area (Å²) < 4.78 is 9.65. The summed E-state index contributed by atoms with van der Waals surface area (Å²) in [6.45, 7) is 1.75. The van der Waals surface area contributed by atoms with Crippen molar-refractivity contribution in [2.45, 2.75) is 6.92 Å². The van der Waals surface area contributed by atoms with E-state index in [1.165, 1.54) is 13.2 Å². The van der Waals surface area contributed by atoms with E-state index < -0.39 is 17.5 Å². The summed E-state index contributed by atoms with van der Waals surface area (Å²) in [6.07, 6.45) is 1.26. The SMILES string of the molecule is CCOC(=O)/C(=C\c1ccc(OC)cc1)C(=O)O. The lowest BCUT2D eigenvalue weighted by Crippen LogP contribution is -2.15. The Morgan fingerprint density at radius 3 is 2.33 bits per heavy atom. The molecule has 0 saturated heterocycles. The summed E-state index contributed by atoms with van der Waals surface area (Å²) in [5.74, 6) is -1.51. The van der Waals surface area contributed by atoms with Gasteiger partial charge < -0.3 is 14.6 Å². The predicted molar refractivity (Wildman–Crippen MR) is 65.2 cm³/mol. The first-order valence-corrected chi connectivity index (χ1v) is 5.34. The van der Waals surface area contributed by atoms with Crippen molar-refractivity contribution in [2.24, 2.45) is 0 Å². The maximum absolute atomic E-state index is 11.4. The van der Waals surface area contributed by atoms with Crippen LogP contribution in [0.5, 0.6) is 5.75 Å². The molecule has 0 atom stereocenters. The number of ether oxygens (including phenoxy) is 2. The first-order chi connectivity index (χ1) is 8.58. The van der Waals surface area contributed by atoms with E-state index in [0.717, 1.165) is 0 Å². The van der Waals surface area contributed by atoms with Gasteiger partial charge in [-0.05, 0) is 30.7 Å². The fourth-order valence-corrected chi connectivity index (χ4v) is 1.28. The highest BCUT2D eigenvalue weighted by Crippen LogP contribution is 2.14. The van der Waals surface area contributed by atoms with Crippen LogP contribution in [-0.2, 0) is 14.3 Å². The van der Waals surface area contributed by atoms with Crippen molar-refractivity contribution in [3.05, 3.63) is 35.4 Å². The molecule has 0 bridgehead atoms. The van der Waals surface area contributed by atoms with Crippen molar-refractivity contribution in [3.8, 4) is 5.75 Å². The minimum absolute atomic E-state index is 0.131. The molecule has 96 valence electrons. The first-order valence-electron chi connectivity index (χ1n) is 5.34. The number of carboxylic acid groups (broad SMARTS) is 1. The minimum Gasteiger partial charge on any atom is -0.497 e. The lowest BCUT2D eigenvalue weighted by molar-refractivity contribution is -0.143. The highest BCUT2D eigenvalue weighted by molar-refractivity contribution is 6.16. The highest BCUT2D eigenvalue weighted by atomic mass is 16.5. The number of hydrogen-bond acceptors (Lipinski definition) is 4. The van der Waals surface area contributed by atoms with Crippen molar-refractivity contribution >= 4 is 18.0 Å². The smallest absolute Gasteiger partial charge is 0.345 e. The van der Waals surface area contributed by atoms with Crippen molar-refractivity contribution in [1.29, 1.82) is 0 Å². The zero-order valence-corrected chi connectivity index (χ0v) is 10.2. The van der Waals surface area contributed by atoms with Crippen molar-refractivity contribution in [1.82, 2.24) is 0 Å². The molecule has 1 aromatic rings. The number of carbonyl (C=O) groups is 2. The third kappa shape index (κ3) is 3.62. The number of esters is 1. The summed E-state index contributed by atoms with van der Waals surface area (Å²) in [6, 6.07) is 6.66. The fraction of sp³-hybridized carbons (Fsp3) is 0.231. The molecule has 0 aliphatic heterocycles. The van der Waals surface area contributed by atoms with E-state index in [2.05, 4.69) is 4.74 Å². The predicted octanol–water partition coefficient (Wildman–Crippen LogP) is 1.73. The molecule has 0 heterocycles. The van der Waals surface area contributed by atoms with E-state index in [4.69, 9.17) is 9.84 Å². The van der Waals surface area contributed by atoms with E-state index in [0.29, 0.717) is 11.3 Å². The van der Waals surface area contributed by atoms with Gasteiger partial charge in [0.25, 0.3) is 0 Å². The van der Waals surface area contributed by atoms with Gasteiger partial charge in [0.15, 0.2) is 0 Å². The summed E-state index contributed by atoms with van der Waals surface area (Å²) in [7, 11) is 1.53. The van der Waals surface area contributed by atoms with Crippen molar-refractivity contribution in [3.63, 3.8) is 0 Å². The maximum atomic E-state index is 11.4. The molecule has 0 aromatic heterocycles. The normalized spacial score (nSPS) is 10.9. The molecular weight excluding hydrogens is 236 g/mol. The fourth-order valence-electron chi connectivity index (χ4n) is 1.28. The molecule has 0 spiro atoms. The van der Waals surface area contributed by atoms with Crippen LogP contribution in [0.2, 0.25) is 0 Å². The Morgan fingerprint density at radius 1 is 1.28 bits per heavy atom. The van der Waals surface area contributed by atoms with Gasteiger partial charge in [-0.25, -0.2) is 9.59 Å². The number of rotatable bonds is 5. The molecule has 18 heavy (non-hydrogen) atoms. The second-order valence-corrected chi connectivity index (χ2v) is 3.36. The maximum Gasteiger partial charge on any atom is 0.345 e. The second-order valence-electron chi connectivity index (χ2n) is 3.36. The van der Waals surface area contributed by atoms with Crippen LogP contribution in [0, 0.1) is 0 Å². The third-order valence-electron chi connectivity index (χ3n) is 2.15. The van der Waals surface area contributed by atoms with Crippen molar-refractivity contribution in [2.75, 3.05) is 13.7 Å². The average molecular weight is 250 g/mol. The van der Waals surface area contributed by atoms with Crippen molar-refractivity contribution < 1.29 is 24.2 Å². The lowest BCUT2D eigenvalue weighted by Gasteiger charge is -2.03. The molecule has 1 N–H and O–H groups in total. The molecule has 0 amide bonds. The van der Waals surface area contributed by atoms with Gasteiger partial charge in [-0.15, -0.1) is 0 Å². The van der Waals surface area contributed by atoms with Gasteiger partial charge in [-0.2, -0.15) is 0 Å². The van der Waals surface area contributed by atoms with Gasteiger partial charge in [0, 0.05) is 0 Å². The molecular formula is C13H14O5. The zero-order chi connectivity index (χ0) is 13.5. The first kappa shape index (κ1) is 13.8. The van der Waals surface area contributed by atoms with E-state index in [1.807, 2.05) is 0 Å². The van der Waals surface area contributed by atoms with Gasteiger partial charge >= 0.3 is 11.9 Å². The molecule has 0 fully saturated rings. The number of carbonyl (C=O) groups excluding carboxylic acids is 1. The molecule has 1 aromatic carbocycles. The van der Waals surface area contributed by atoms with Crippen LogP contribution in [0.4, 0.5) is 0 Å². The van der Waals surface area contributed by atoms with Gasteiger partial charge in [0.05, 0.1) is 13.7 Å². The lowest BCUT2D eigenvalue weighted by atomic mass is 10.1. The molecule has 0 aliphatic rings. The summed E-state index contributed by atoms with van der Waals surface area (Å²) in [4.78, 5) is 22.4.